The molecule has 21 heavy (non-hydrogen) atoms. The van der Waals surface area contributed by atoms with Gasteiger partial charge in [-0.25, -0.2) is 4.39 Å². The van der Waals surface area contributed by atoms with Crippen molar-refractivity contribution in [3.63, 3.8) is 0 Å². The van der Waals surface area contributed by atoms with E-state index in [1.54, 1.807) is 0 Å². The van der Waals surface area contributed by atoms with Gasteiger partial charge in [-0.15, -0.1) is 0 Å². The quantitative estimate of drug-likeness (QED) is 0.610. The highest BCUT2D eigenvalue weighted by molar-refractivity contribution is 9.10. The van der Waals surface area contributed by atoms with Gasteiger partial charge in [0.2, 0.25) is 0 Å². The van der Waals surface area contributed by atoms with Gasteiger partial charge in [0.1, 0.15) is 5.82 Å². The molecule has 0 saturated carbocycles. The number of halogens is 2. The number of benzene rings is 3. The highest BCUT2D eigenvalue weighted by Gasteiger charge is 2.18. The van der Waals surface area contributed by atoms with Crippen LogP contribution in [0.2, 0.25) is 0 Å². The Bertz CT molecular complexity index is 689. The molecule has 0 atom stereocenters. The van der Waals surface area contributed by atoms with Gasteiger partial charge in [-0.2, -0.15) is 0 Å². The molecule has 0 bridgehead atoms. The van der Waals surface area contributed by atoms with Crippen molar-refractivity contribution < 1.29 is 4.39 Å². The highest BCUT2D eigenvalue weighted by Crippen LogP contribution is 2.35. The molecule has 3 aromatic carbocycles. The Morgan fingerprint density at radius 2 is 1.24 bits per heavy atom. The second-order valence-corrected chi connectivity index (χ2v) is 7.64. The van der Waals surface area contributed by atoms with Crippen molar-refractivity contribution in [1.82, 2.24) is 0 Å². The Balaban J connectivity index is 2.17. The minimum Gasteiger partial charge on any atom is -0.207 e. The minimum atomic E-state index is -0.693. The van der Waals surface area contributed by atoms with Gasteiger partial charge in [-0.1, -0.05) is 76.6 Å². The van der Waals surface area contributed by atoms with Gasteiger partial charge in [0, 0.05) is 4.47 Å². The van der Waals surface area contributed by atoms with E-state index < -0.39 is 7.92 Å². The Morgan fingerprint density at radius 3 is 1.71 bits per heavy atom. The fourth-order valence-corrected chi connectivity index (χ4v) is 5.42. The topological polar surface area (TPSA) is 0 Å². The molecule has 0 fully saturated rings. The van der Waals surface area contributed by atoms with Gasteiger partial charge in [-0.3, -0.25) is 0 Å². The van der Waals surface area contributed by atoms with Crippen molar-refractivity contribution in [2.45, 2.75) is 0 Å². The second kappa shape index (κ2) is 6.51. The third-order valence-corrected chi connectivity index (χ3v) is 6.64. The van der Waals surface area contributed by atoms with Crippen LogP contribution in [0.4, 0.5) is 4.39 Å². The predicted octanol–water partition coefficient (Wildman–Crippen LogP) is 4.35. The zero-order chi connectivity index (χ0) is 14.7. The van der Waals surface area contributed by atoms with Crippen LogP contribution >= 0.6 is 23.9 Å². The molecule has 3 rings (SSSR count). The molecule has 0 amide bonds. The third-order valence-electron chi connectivity index (χ3n) is 3.18. The predicted molar refractivity (Wildman–Crippen MR) is 92.8 cm³/mol. The van der Waals surface area contributed by atoms with E-state index in [0.29, 0.717) is 0 Å². The van der Waals surface area contributed by atoms with Crippen LogP contribution in [0.3, 0.4) is 0 Å². The van der Waals surface area contributed by atoms with Gasteiger partial charge < -0.3 is 0 Å². The monoisotopic (exact) mass is 358 g/mol. The number of hydrogen-bond donors (Lipinski definition) is 0. The molecular weight excluding hydrogens is 346 g/mol. The van der Waals surface area contributed by atoms with E-state index in [-0.39, 0.29) is 5.82 Å². The zero-order valence-corrected chi connectivity index (χ0v) is 13.7. The first-order chi connectivity index (χ1) is 10.3. The van der Waals surface area contributed by atoms with Crippen molar-refractivity contribution in [2.75, 3.05) is 0 Å². The first kappa shape index (κ1) is 14.4. The van der Waals surface area contributed by atoms with Gasteiger partial charge in [0.05, 0.1) is 0 Å². The van der Waals surface area contributed by atoms with Crippen LogP contribution in [0.1, 0.15) is 0 Å². The van der Waals surface area contributed by atoms with Gasteiger partial charge in [0.15, 0.2) is 0 Å². The van der Waals surface area contributed by atoms with E-state index in [1.165, 1.54) is 22.7 Å². The third kappa shape index (κ3) is 3.23. The molecule has 0 spiro atoms. The van der Waals surface area contributed by atoms with E-state index in [4.69, 9.17) is 0 Å². The molecule has 0 aliphatic rings. The zero-order valence-electron chi connectivity index (χ0n) is 11.2. The maximum Gasteiger partial charge on any atom is 0.124 e. The lowest BCUT2D eigenvalue weighted by Gasteiger charge is -2.20. The van der Waals surface area contributed by atoms with Crippen LogP contribution in [0.25, 0.3) is 0 Å². The maximum atomic E-state index is 13.4. The van der Waals surface area contributed by atoms with E-state index in [0.717, 1.165) is 9.78 Å². The Hall–Kier alpha value is -1.50. The van der Waals surface area contributed by atoms with E-state index >= 15 is 0 Å². The Kier molecular flexibility index (Phi) is 4.48. The molecular formula is C18H13BrFP. The summed E-state index contributed by atoms with van der Waals surface area (Å²) in [6.07, 6.45) is 0. The summed E-state index contributed by atoms with van der Waals surface area (Å²) in [5.74, 6) is -0.221. The van der Waals surface area contributed by atoms with Gasteiger partial charge in [-0.05, 0) is 42.0 Å². The lowest BCUT2D eigenvalue weighted by Crippen LogP contribution is -2.21. The molecule has 0 aliphatic heterocycles. The van der Waals surface area contributed by atoms with E-state index in [2.05, 4.69) is 40.2 Å². The summed E-state index contributed by atoms with van der Waals surface area (Å²) in [5, 5.41) is 3.64. The second-order valence-electron chi connectivity index (χ2n) is 4.60. The summed E-state index contributed by atoms with van der Waals surface area (Å²) in [6, 6.07) is 25.7. The molecule has 0 aliphatic carbocycles. The highest BCUT2D eigenvalue weighted by atomic mass is 79.9. The summed E-state index contributed by atoms with van der Waals surface area (Å²) in [5.41, 5.74) is 0. The molecule has 0 N–H and O–H groups in total. The molecule has 0 heterocycles. The Morgan fingerprint density at radius 1 is 0.714 bits per heavy atom. The fraction of sp³-hybridized carbons (Fsp3) is 0. The molecule has 0 radical (unpaired) electrons. The number of hydrogen-bond acceptors (Lipinski definition) is 0. The largest absolute Gasteiger partial charge is 0.207 e. The van der Waals surface area contributed by atoms with Crippen LogP contribution in [0.5, 0.6) is 0 Å². The minimum absolute atomic E-state index is 0.221. The van der Waals surface area contributed by atoms with Crippen LogP contribution in [0, 0.1) is 5.82 Å². The van der Waals surface area contributed by atoms with Gasteiger partial charge in [0.25, 0.3) is 0 Å². The van der Waals surface area contributed by atoms with Crippen molar-refractivity contribution in [1.29, 1.82) is 0 Å². The van der Waals surface area contributed by atoms with E-state index in [9.17, 15) is 4.39 Å². The van der Waals surface area contributed by atoms with Crippen LogP contribution in [-0.4, -0.2) is 0 Å². The number of rotatable bonds is 3. The summed E-state index contributed by atoms with van der Waals surface area (Å²) in [4.78, 5) is 0. The lowest BCUT2D eigenvalue weighted by molar-refractivity contribution is 0.627. The molecule has 0 nitrogen and oxygen atoms in total. The first-order valence-electron chi connectivity index (χ1n) is 6.61. The Labute approximate surface area is 133 Å². The molecule has 104 valence electrons. The average Bonchev–Trinajstić information content (AvgIpc) is 2.52. The summed E-state index contributed by atoms with van der Waals surface area (Å²) in [7, 11) is -0.693. The smallest absolute Gasteiger partial charge is 0.124 e. The molecule has 0 unspecified atom stereocenters. The van der Waals surface area contributed by atoms with Crippen molar-refractivity contribution in [2.24, 2.45) is 0 Å². The molecule has 3 aromatic rings. The molecule has 0 aromatic heterocycles. The van der Waals surface area contributed by atoms with Crippen LogP contribution in [-0.2, 0) is 0 Å². The van der Waals surface area contributed by atoms with Crippen molar-refractivity contribution in [3.05, 3.63) is 89.2 Å². The average molecular weight is 359 g/mol. The normalized spacial score (nSPS) is 10.8. The van der Waals surface area contributed by atoms with E-state index in [1.807, 2.05) is 42.5 Å². The molecule has 0 saturated heterocycles. The maximum absolute atomic E-state index is 13.4. The van der Waals surface area contributed by atoms with Gasteiger partial charge >= 0.3 is 0 Å². The summed E-state index contributed by atoms with van der Waals surface area (Å²) >= 11 is 3.52. The van der Waals surface area contributed by atoms with Crippen molar-refractivity contribution in [3.8, 4) is 0 Å². The summed E-state index contributed by atoms with van der Waals surface area (Å²) in [6.45, 7) is 0. The fourth-order valence-electron chi connectivity index (χ4n) is 2.24. The standard InChI is InChI=1S/C18H13BrFP/c19-17-13-14(20)11-12-18(17)21(15-7-3-1-4-8-15)16-9-5-2-6-10-16/h1-13H. The van der Waals surface area contributed by atoms with Crippen molar-refractivity contribution >= 4 is 39.8 Å². The van der Waals surface area contributed by atoms with Crippen LogP contribution < -0.4 is 15.9 Å². The lowest BCUT2D eigenvalue weighted by atomic mass is 10.3. The SMILES string of the molecule is Fc1ccc(P(c2ccccc2)c2ccccc2)c(Br)c1. The van der Waals surface area contributed by atoms with Crippen LogP contribution in [0.15, 0.2) is 83.3 Å². The molecule has 3 heteroatoms. The summed E-state index contributed by atoms with van der Waals surface area (Å²) < 4.78 is 14.2. The first-order valence-corrected chi connectivity index (χ1v) is 8.74.